The van der Waals surface area contributed by atoms with Crippen molar-refractivity contribution in [3.05, 3.63) is 66.0 Å². The summed E-state index contributed by atoms with van der Waals surface area (Å²) < 4.78 is 24.0. The van der Waals surface area contributed by atoms with Gasteiger partial charge in [-0.05, 0) is 67.4 Å². The molecule has 0 atom stereocenters. The van der Waals surface area contributed by atoms with Crippen molar-refractivity contribution in [2.45, 2.75) is 26.2 Å². The van der Waals surface area contributed by atoms with Crippen LogP contribution in [-0.4, -0.2) is 77.9 Å². The molecule has 2 aromatic carbocycles. The third-order valence-corrected chi connectivity index (χ3v) is 6.98. The normalized spacial score (nSPS) is 14.7. The van der Waals surface area contributed by atoms with Gasteiger partial charge in [-0.3, -0.25) is 9.59 Å². The van der Waals surface area contributed by atoms with Crippen LogP contribution >= 0.6 is 0 Å². The summed E-state index contributed by atoms with van der Waals surface area (Å²) >= 11 is 0. The topological polar surface area (TPSA) is 88.1 Å². The van der Waals surface area contributed by atoms with E-state index in [0.717, 1.165) is 37.2 Å². The Hall–Kier alpha value is -4.21. The summed E-state index contributed by atoms with van der Waals surface area (Å²) in [6.07, 6.45) is 2.50. The van der Waals surface area contributed by atoms with Crippen molar-refractivity contribution in [2.75, 3.05) is 51.0 Å². The van der Waals surface area contributed by atoms with Crippen molar-refractivity contribution < 1.29 is 23.5 Å². The fourth-order valence-corrected chi connectivity index (χ4v) is 4.74. The first-order chi connectivity index (χ1) is 19.0. The molecular weight excluding hydrogens is 501 g/mol. The van der Waals surface area contributed by atoms with Crippen molar-refractivity contribution in [3.63, 3.8) is 0 Å². The molecule has 0 radical (unpaired) electrons. The zero-order valence-electron chi connectivity index (χ0n) is 22.0. The number of aromatic nitrogens is 2. The highest BCUT2D eigenvalue weighted by Crippen LogP contribution is 2.33. The number of nitrogens with zero attached hydrogens (tertiary/aromatic N) is 5. The lowest BCUT2D eigenvalue weighted by Crippen LogP contribution is -2.44. The minimum Gasteiger partial charge on any atom is -0.454 e. The standard InChI is InChI=1S/C29H32FN5O4/c1-2-3-13-35(29(37)22-7-11-25-26(18-22)39-20-38-25)19-28(36)34-15-4-14-33(16-17-34)27-12-10-24(31-32-27)21-5-8-23(30)9-6-21/h5-12,18H,2-4,13-17,19-20H2,1H3. The molecule has 0 bridgehead atoms. The second-order valence-corrected chi connectivity index (χ2v) is 9.65. The van der Waals surface area contributed by atoms with E-state index in [9.17, 15) is 14.0 Å². The average molecular weight is 534 g/mol. The molecule has 5 rings (SSSR count). The highest BCUT2D eigenvalue weighted by Gasteiger charge is 2.26. The van der Waals surface area contributed by atoms with E-state index in [2.05, 4.69) is 22.0 Å². The number of fused-ring (bicyclic) bond motifs is 1. The van der Waals surface area contributed by atoms with E-state index in [-0.39, 0.29) is 31.0 Å². The molecule has 10 heteroatoms. The molecule has 0 spiro atoms. The van der Waals surface area contributed by atoms with Crippen LogP contribution in [0, 0.1) is 5.82 Å². The van der Waals surface area contributed by atoms with E-state index in [1.165, 1.54) is 12.1 Å². The molecular formula is C29H32FN5O4. The number of carbonyl (C=O) groups excluding carboxylic acids is 2. The molecule has 0 N–H and O–H groups in total. The minimum atomic E-state index is -0.294. The van der Waals surface area contributed by atoms with E-state index in [0.29, 0.717) is 48.9 Å². The smallest absolute Gasteiger partial charge is 0.254 e. The zero-order chi connectivity index (χ0) is 27.2. The second kappa shape index (κ2) is 12.1. The van der Waals surface area contributed by atoms with Crippen molar-refractivity contribution in [2.24, 2.45) is 0 Å². The number of benzene rings is 2. The van der Waals surface area contributed by atoms with E-state index in [1.807, 2.05) is 17.0 Å². The summed E-state index contributed by atoms with van der Waals surface area (Å²) in [6, 6.07) is 15.1. The number of unbranched alkanes of at least 4 members (excludes halogenated alkanes) is 1. The van der Waals surface area contributed by atoms with Gasteiger partial charge in [-0.25, -0.2) is 4.39 Å². The van der Waals surface area contributed by atoms with Crippen LogP contribution in [-0.2, 0) is 4.79 Å². The Kier molecular flexibility index (Phi) is 8.19. The molecule has 39 heavy (non-hydrogen) atoms. The van der Waals surface area contributed by atoms with E-state index < -0.39 is 0 Å². The number of anilines is 1. The van der Waals surface area contributed by atoms with Crippen LogP contribution in [0.4, 0.5) is 10.2 Å². The summed E-state index contributed by atoms with van der Waals surface area (Å²) in [5.74, 6) is 1.34. The fourth-order valence-electron chi connectivity index (χ4n) is 4.74. The van der Waals surface area contributed by atoms with Crippen LogP contribution in [0.15, 0.2) is 54.6 Å². The number of rotatable bonds is 8. The number of hydrogen-bond acceptors (Lipinski definition) is 7. The van der Waals surface area contributed by atoms with Crippen molar-refractivity contribution in [1.29, 1.82) is 0 Å². The first kappa shape index (κ1) is 26.4. The van der Waals surface area contributed by atoms with Crippen molar-refractivity contribution in [1.82, 2.24) is 20.0 Å². The van der Waals surface area contributed by atoms with Gasteiger partial charge in [0.1, 0.15) is 12.4 Å². The zero-order valence-corrected chi connectivity index (χ0v) is 22.0. The molecule has 9 nitrogen and oxygen atoms in total. The number of hydrogen-bond donors (Lipinski definition) is 0. The Morgan fingerprint density at radius 2 is 1.77 bits per heavy atom. The van der Waals surface area contributed by atoms with Gasteiger partial charge >= 0.3 is 0 Å². The molecule has 2 amide bonds. The van der Waals surface area contributed by atoms with E-state index in [4.69, 9.17) is 9.47 Å². The van der Waals surface area contributed by atoms with Gasteiger partial charge in [0.25, 0.3) is 5.91 Å². The maximum absolute atomic E-state index is 13.3. The molecule has 2 aliphatic heterocycles. The molecule has 1 fully saturated rings. The summed E-state index contributed by atoms with van der Waals surface area (Å²) in [4.78, 5) is 32.2. The summed E-state index contributed by atoms with van der Waals surface area (Å²) in [7, 11) is 0. The lowest BCUT2D eigenvalue weighted by atomic mass is 10.1. The number of amides is 2. The summed E-state index contributed by atoms with van der Waals surface area (Å²) in [5.41, 5.74) is 1.95. The van der Waals surface area contributed by atoms with Crippen LogP contribution < -0.4 is 14.4 Å². The molecule has 1 aromatic heterocycles. The van der Waals surface area contributed by atoms with Gasteiger partial charge in [0, 0.05) is 43.9 Å². The summed E-state index contributed by atoms with van der Waals surface area (Å²) in [5, 5.41) is 8.70. The third kappa shape index (κ3) is 6.27. The van der Waals surface area contributed by atoms with Crippen molar-refractivity contribution >= 4 is 17.6 Å². The first-order valence-electron chi connectivity index (χ1n) is 13.3. The van der Waals surface area contributed by atoms with Gasteiger partial charge in [-0.2, -0.15) is 0 Å². The van der Waals surface area contributed by atoms with Crippen LogP contribution in [0.3, 0.4) is 0 Å². The van der Waals surface area contributed by atoms with Gasteiger partial charge < -0.3 is 24.2 Å². The second-order valence-electron chi connectivity index (χ2n) is 9.65. The molecule has 1 saturated heterocycles. The number of halogens is 1. The monoisotopic (exact) mass is 533 g/mol. The maximum Gasteiger partial charge on any atom is 0.254 e. The lowest BCUT2D eigenvalue weighted by molar-refractivity contribution is -0.131. The van der Waals surface area contributed by atoms with Gasteiger partial charge in [0.2, 0.25) is 12.7 Å². The first-order valence-corrected chi connectivity index (χ1v) is 13.3. The minimum absolute atomic E-state index is 0.0272. The van der Waals surface area contributed by atoms with Crippen LogP contribution in [0.1, 0.15) is 36.5 Å². The maximum atomic E-state index is 13.3. The largest absolute Gasteiger partial charge is 0.454 e. The van der Waals surface area contributed by atoms with Gasteiger partial charge in [0.15, 0.2) is 17.3 Å². The Labute approximate surface area is 227 Å². The highest BCUT2D eigenvalue weighted by atomic mass is 19.1. The van der Waals surface area contributed by atoms with E-state index >= 15 is 0 Å². The molecule has 0 aliphatic carbocycles. The molecule has 3 heterocycles. The SMILES string of the molecule is CCCCN(CC(=O)N1CCCN(c2ccc(-c3ccc(F)cc3)nn2)CC1)C(=O)c1ccc2c(c1)OCO2. The quantitative estimate of drug-likeness (QED) is 0.433. The molecule has 0 unspecified atom stereocenters. The number of carbonyl (C=O) groups is 2. The fraction of sp³-hybridized carbons (Fsp3) is 0.379. The Bertz CT molecular complexity index is 1300. The van der Waals surface area contributed by atoms with Crippen LogP contribution in [0.2, 0.25) is 0 Å². The van der Waals surface area contributed by atoms with Gasteiger partial charge in [-0.1, -0.05) is 13.3 Å². The van der Waals surface area contributed by atoms with E-state index in [1.54, 1.807) is 35.2 Å². The molecule has 3 aromatic rings. The van der Waals surface area contributed by atoms with Gasteiger partial charge in [-0.15, -0.1) is 10.2 Å². The third-order valence-electron chi connectivity index (χ3n) is 6.98. The lowest BCUT2D eigenvalue weighted by Gasteiger charge is -2.27. The Balaban J connectivity index is 1.20. The Morgan fingerprint density at radius 3 is 2.54 bits per heavy atom. The molecule has 2 aliphatic rings. The highest BCUT2D eigenvalue weighted by molar-refractivity contribution is 5.97. The Morgan fingerprint density at radius 1 is 0.949 bits per heavy atom. The van der Waals surface area contributed by atoms with Crippen LogP contribution in [0.25, 0.3) is 11.3 Å². The molecule has 0 saturated carbocycles. The summed E-state index contributed by atoms with van der Waals surface area (Å²) in [6.45, 7) is 5.22. The predicted octanol–water partition coefficient (Wildman–Crippen LogP) is 3.99. The molecule has 204 valence electrons. The van der Waals surface area contributed by atoms with Crippen molar-refractivity contribution in [3.8, 4) is 22.8 Å². The average Bonchev–Trinajstić information content (AvgIpc) is 3.30. The van der Waals surface area contributed by atoms with Crippen LogP contribution in [0.5, 0.6) is 11.5 Å². The predicted molar refractivity (Wildman–Crippen MR) is 144 cm³/mol. The van der Waals surface area contributed by atoms with Gasteiger partial charge in [0.05, 0.1) is 5.69 Å². The number of ether oxygens (including phenoxy) is 2.